The van der Waals surface area contributed by atoms with Gasteiger partial charge in [0.1, 0.15) is 5.00 Å². The van der Waals surface area contributed by atoms with Crippen LogP contribution in [0.4, 0.5) is 10.7 Å². The lowest BCUT2D eigenvalue weighted by Crippen LogP contribution is -2.30. The molecular weight excluding hydrogens is 380 g/mol. The van der Waals surface area contributed by atoms with Crippen LogP contribution < -0.4 is 10.6 Å². The largest absolute Gasteiger partial charge is 0.449 e. The highest BCUT2D eigenvalue weighted by molar-refractivity contribution is 7.16. The van der Waals surface area contributed by atoms with Crippen LogP contribution in [0.2, 0.25) is 0 Å². The molecule has 0 aliphatic rings. The normalized spacial score (nSPS) is 11.5. The van der Waals surface area contributed by atoms with Crippen LogP contribution >= 0.6 is 11.3 Å². The number of carbonyl (C=O) groups excluding carboxylic acids is 4. The Morgan fingerprint density at radius 1 is 1.00 bits per heavy atom. The average molecular weight is 402 g/mol. The van der Waals surface area contributed by atoms with E-state index in [1.54, 1.807) is 31.2 Å². The molecule has 2 rings (SSSR count). The molecule has 148 valence electrons. The summed E-state index contributed by atoms with van der Waals surface area (Å²) in [5.74, 6) is -1.55. The van der Waals surface area contributed by atoms with Crippen LogP contribution in [0.3, 0.4) is 0 Å². The Kier molecular flexibility index (Phi) is 6.69. The third-order valence-corrected chi connectivity index (χ3v) is 5.21. The maximum Gasteiger partial charge on any atom is 0.342 e. The summed E-state index contributed by atoms with van der Waals surface area (Å²) in [5, 5.41) is 5.66. The lowest BCUT2D eigenvalue weighted by Gasteiger charge is -2.14. The van der Waals surface area contributed by atoms with Crippen molar-refractivity contribution in [2.24, 2.45) is 0 Å². The average Bonchev–Trinajstić information content (AvgIpc) is 2.88. The smallest absolute Gasteiger partial charge is 0.342 e. The first kappa shape index (κ1) is 21.3. The zero-order valence-electron chi connectivity index (χ0n) is 16.3. The van der Waals surface area contributed by atoms with Gasteiger partial charge in [0.2, 0.25) is 5.91 Å². The van der Waals surface area contributed by atoms with Gasteiger partial charge >= 0.3 is 5.97 Å². The molecule has 0 saturated heterocycles. The quantitative estimate of drug-likeness (QED) is 0.566. The Hall–Kier alpha value is -3.00. The van der Waals surface area contributed by atoms with Gasteiger partial charge in [-0.15, -0.1) is 11.3 Å². The minimum absolute atomic E-state index is 0.0726. The number of carbonyl (C=O) groups is 4. The van der Waals surface area contributed by atoms with E-state index in [9.17, 15) is 19.2 Å². The highest BCUT2D eigenvalue weighted by atomic mass is 32.1. The van der Waals surface area contributed by atoms with E-state index in [1.165, 1.54) is 32.1 Å². The molecule has 0 fully saturated rings. The monoisotopic (exact) mass is 402 g/mol. The van der Waals surface area contributed by atoms with E-state index in [0.717, 1.165) is 4.88 Å². The summed E-state index contributed by atoms with van der Waals surface area (Å²) < 4.78 is 5.30. The Morgan fingerprint density at radius 2 is 1.61 bits per heavy atom. The van der Waals surface area contributed by atoms with Crippen molar-refractivity contribution in [2.75, 3.05) is 10.6 Å². The molecule has 7 nitrogen and oxygen atoms in total. The number of ether oxygens (including phenoxy) is 1. The van der Waals surface area contributed by atoms with Crippen molar-refractivity contribution in [3.8, 4) is 0 Å². The van der Waals surface area contributed by atoms with Crippen LogP contribution in [-0.4, -0.2) is 29.7 Å². The van der Waals surface area contributed by atoms with Gasteiger partial charge in [-0.25, -0.2) is 4.79 Å². The van der Waals surface area contributed by atoms with Crippen molar-refractivity contribution < 1.29 is 23.9 Å². The number of hydrogen-bond donors (Lipinski definition) is 2. The molecule has 1 aromatic heterocycles. The zero-order valence-corrected chi connectivity index (χ0v) is 17.2. The number of nitrogens with one attached hydrogen (secondary N) is 2. The Labute approximate surface area is 167 Å². The minimum Gasteiger partial charge on any atom is -0.449 e. The van der Waals surface area contributed by atoms with Gasteiger partial charge in [-0.2, -0.15) is 0 Å². The maximum atomic E-state index is 12.6. The molecule has 28 heavy (non-hydrogen) atoms. The van der Waals surface area contributed by atoms with E-state index in [4.69, 9.17) is 4.74 Å². The fraction of sp³-hybridized carbons (Fsp3) is 0.300. The Bertz CT molecular complexity index is 931. The molecule has 0 bridgehead atoms. The Morgan fingerprint density at radius 3 is 2.14 bits per heavy atom. The molecule has 0 aliphatic carbocycles. The maximum absolute atomic E-state index is 12.6. The fourth-order valence-corrected chi connectivity index (χ4v) is 3.52. The van der Waals surface area contributed by atoms with Crippen LogP contribution in [0, 0.1) is 13.8 Å². The van der Waals surface area contributed by atoms with Crippen LogP contribution in [0.15, 0.2) is 24.3 Å². The number of aryl methyl sites for hydroxylation is 1. The summed E-state index contributed by atoms with van der Waals surface area (Å²) >= 11 is 1.28. The first-order valence-corrected chi connectivity index (χ1v) is 9.42. The van der Waals surface area contributed by atoms with Gasteiger partial charge in [-0.1, -0.05) is 0 Å². The van der Waals surface area contributed by atoms with Crippen molar-refractivity contribution >= 4 is 45.6 Å². The second kappa shape index (κ2) is 8.79. The molecule has 1 heterocycles. The van der Waals surface area contributed by atoms with Crippen molar-refractivity contribution in [2.45, 2.75) is 40.7 Å². The first-order chi connectivity index (χ1) is 13.1. The van der Waals surface area contributed by atoms with E-state index in [1.807, 2.05) is 6.92 Å². The van der Waals surface area contributed by atoms with Crippen molar-refractivity contribution in [3.63, 3.8) is 0 Å². The summed E-state index contributed by atoms with van der Waals surface area (Å²) in [6, 6.07) is 6.41. The minimum atomic E-state index is -1.05. The van der Waals surface area contributed by atoms with Gasteiger partial charge in [-0.05, 0) is 57.5 Å². The standard InChI is InChI=1S/C20H22N2O5S/c1-10-13(4)28-19(21-14(5)24)17(10)20(26)27-12(3)18(25)22-16-8-6-15(7-9-16)11(2)23/h6-9,12H,1-5H3,(H,21,24)(H,22,25)/t12-/m1/s1. The topological polar surface area (TPSA) is 102 Å². The highest BCUT2D eigenvalue weighted by Gasteiger charge is 2.25. The van der Waals surface area contributed by atoms with Crippen LogP contribution in [0.5, 0.6) is 0 Å². The molecule has 0 saturated carbocycles. The lowest BCUT2D eigenvalue weighted by atomic mass is 10.1. The molecule has 8 heteroatoms. The van der Waals surface area contributed by atoms with Crippen molar-refractivity contribution in [1.29, 1.82) is 0 Å². The number of ketones is 1. The number of anilines is 2. The molecular formula is C20H22N2O5S. The summed E-state index contributed by atoms with van der Waals surface area (Å²) in [5.41, 5.74) is 1.97. The number of benzene rings is 1. The first-order valence-electron chi connectivity index (χ1n) is 8.60. The predicted octanol–water partition coefficient (Wildman–Crippen LogP) is 3.71. The molecule has 0 aliphatic heterocycles. The van der Waals surface area contributed by atoms with E-state index in [0.29, 0.717) is 21.8 Å². The van der Waals surface area contributed by atoms with Gasteiger partial charge in [0, 0.05) is 23.1 Å². The van der Waals surface area contributed by atoms with Gasteiger partial charge in [0.15, 0.2) is 11.9 Å². The van der Waals surface area contributed by atoms with E-state index in [2.05, 4.69) is 10.6 Å². The predicted molar refractivity (Wildman–Crippen MR) is 108 cm³/mol. The number of amides is 2. The molecule has 0 spiro atoms. The van der Waals surface area contributed by atoms with E-state index < -0.39 is 18.0 Å². The van der Waals surface area contributed by atoms with Crippen molar-refractivity contribution in [3.05, 3.63) is 45.8 Å². The lowest BCUT2D eigenvalue weighted by molar-refractivity contribution is -0.123. The van der Waals surface area contributed by atoms with Crippen molar-refractivity contribution in [1.82, 2.24) is 0 Å². The second-order valence-electron chi connectivity index (χ2n) is 6.34. The van der Waals surface area contributed by atoms with E-state index >= 15 is 0 Å². The third-order valence-electron chi connectivity index (χ3n) is 4.09. The van der Waals surface area contributed by atoms with Crippen LogP contribution in [0.25, 0.3) is 0 Å². The van der Waals surface area contributed by atoms with E-state index in [-0.39, 0.29) is 17.3 Å². The molecule has 2 amide bonds. The summed E-state index contributed by atoms with van der Waals surface area (Å²) in [6.45, 7) is 7.87. The number of hydrogen-bond acceptors (Lipinski definition) is 6. The number of esters is 1. The summed E-state index contributed by atoms with van der Waals surface area (Å²) in [7, 11) is 0. The highest BCUT2D eigenvalue weighted by Crippen LogP contribution is 2.33. The third kappa shape index (κ3) is 5.04. The molecule has 0 radical (unpaired) electrons. The fourth-order valence-electron chi connectivity index (χ4n) is 2.43. The van der Waals surface area contributed by atoms with Gasteiger partial charge in [-0.3, -0.25) is 14.4 Å². The van der Waals surface area contributed by atoms with Crippen LogP contribution in [-0.2, 0) is 14.3 Å². The molecule has 1 atom stereocenters. The Balaban J connectivity index is 2.08. The molecule has 2 N–H and O–H groups in total. The van der Waals surface area contributed by atoms with Gasteiger partial charge in [0.05, 0.1) is 5.56 Å². The number of thiophene rings is 1. The molecule has 0 unspecified atom stereocenters. The summed E-state index contributed by atoms with van der Waals surface area (Å²) in [4.78, 5) is 48.4. The summed E-state index contributed by atoms with van der Waals surface area (Å²) in [6.07, 6.45) is -1.05. The molecule has 2 aromatic rings. The number of Topliss-reactive ketones (excluding diaryl/α,β-unsaturated/α-hetero) is 1. The van der Waals surface area contributed by atoms with Gasteiger partial charge < -0.3 is 15.4 Å². The number of rotatable bonds is 6. The second-order valence-corrected chi connectivity index (χ2v) is 7.56. The molecule has 1 aromatic carbocycles. The zero-order chi connectivity index (χ0) is 21.0. The van der Waals surface area contributed by atoms with Crippen LogP contribution in [0.1, 0.15) is 51.9 Å². The SMILES string of the molecule is CC(=O)Nc1sc(C)c(C)c1C(=O)O[C@H](C)C(=O)Nc1ccc(C(C)=O)cc1. The van der Waals surface area contributed by atoms with Gasteiger partial charge in [0.25, 0.3) is 5.91 Å².